The number of Topliss-reactive ketones (excluding diaryl/α,β-unsaturated/α-hetero) is 2. The molecule has 4 rings (SSSR count). The van der Waals surface area contributed by atoms with Crippen LogP contribution in [0.15, 0.2) is 84.9 Å². The summed E-state index contributed by atoms with van der Waals surface area (Å²) in [6.07, 6.45) is 1.81. The Kier molecular flexibility index (Phi) is 5.98. The van der Waals surface area contributed by atoms with Gasteiger partial charge in [0.25, 0.3) is 0 Å². The van der Waals surface area contributed by atoms with Crippen molar-refractivity contribution in [1.82, 2.24) is 0 Å². The zero-order chi connectivity index (χ0) is 22.9. The van der Waals surface area contributed by atoms with Gasteiger partial charge in [0.2, 0.25) is 0 Å². The first-order valence-corrected chi connectivity index (χ1v) is 11.0. The van der Waals surface area contributed by atoms with Crippen LogP contribution < -0.4 is 0 Å². The van der Waals surface area contributed by atoms with Crippen molar-refractivity contribution in [3.63, 3.8) is 0 Å². The number of allylic oxidation sites excluding steroid dienone is 1. The topological polar surface area (TPSA) is 43.4 Å². The number of ketones is 2. The molecule has 3 nitrogen and oxygen atoms in total. The number of hydrogen-bond acceptors (Lipinski definition) is 3. The Labute approximate surface area is 197 Å². The quantitative estimate of drug-likeness (QED) is 0.387. The van der Waals surface area contributed by atoms with E-state index in [0.29, 0.717) is 15.8 Å². The zero-order valence-corrected chi connectivity index (χ0v) is 19.3. The van der Waals surface area contributed by atoms with Gasteiger partial charge in [-0.05, 0) is 44.2 Å². The van der Waals surface area contributed by atoms with E-state index >= 15 is 0 Å². The smallest absolute Gasteiger partial charge is 0.161 e. The summed E-state index contributed by atoms with van der Waals surface area (Å²) in [4.78, 5) is 26.1. The van der Waals surface area contributed by atoms with E-state index < -0.39 is 11.0 Å². The fourth-order valence-corrected chi connectivity index (χ4v) is 4.54. The van der Waals surface area contributed by atoms with Crippen LogP contribution in [-0.2, 0) is 19.9 Å². The van der Waals surface area contributed by atoms with E-state index in [-0.39, 0.29) is 18.0 Å². The molecule has 3 aromatic rings. The highest BCUT2D eigenvalue weighted by Gasteiger charge is 2.53. The number of carbonyl (C=O) groups excluding carboxylic acids is 2. The minimum absolute atomic E-state index is 0.129. The van der Waals surface area contributed by atoms with Crippen LogP contribution in [0.4, 0.5) is 0 Å². The first kappa shape index (κ1) is 22.3. The summed E-state index contributed by atoms with van der Waals surface area (Å²) in [6.45, 7) is 2.92. The second kappa shape index (κ2) is 8.57. The number of halogens is 2. The first-order valence-electron chi connectivity index (χ1n) is 10.3. The molecule has 1 heterocycles. The highest BCUT2D eigenvalue weighted by molar-refractivity contribution is 6.30. The van der Waals surface area contributed by atoms with Crippen LogP contribution in [0.5, 0.6) is 0 Å². The molecule has 1 aliphatic heterocycles. The van der Waals surface area contributed by atoms with Crippen LogP contribution in [0.25, 0.3) is 5.76 Å². The highest BCUT2D eigenvalue weighted by Crippen LogP contribution is 2.52. The molecule has 0 bridgehead atoms. The summed E-state index contributed by atoms with van der Waals surface area (Å²) in [6, 6.07) is 24.1. The van der Waals surface area contributed by atoms with Crippen molar-refractivity contribution in [2.75, 3.05) is 0 Å². The minimum Gasteiger partial charge on any atom is -0.477 e. The SMILES string of the molecule is CC(=O)C1(C(C)=O)C=C(c2ccccc2)OC(c2ccc(Cl)cc2)(c2ccc(Cl)cc2)C1. The van der Waals surface area contributed by atoms with Crippen LogP contribution in [0.1, 0.15) is 37.0 Å². The maximum absolute atomic E-state index is 13.0. The van der Waals surface area contributed by atoms with Gasteiger partial charge in [0.05, 0.1) is 0 Å². The molecule has 162 valence electrons. The molecule has 0 saturated heterocycles. The van der Waals surface area contributed by atoms with Gasteiger partial charge in [-0.2, -0.15) is 0 Å². The van der Waals surface area contributed by atoms with Crippen molar-refractivity contribution >= 4 is 40.5 Å². The molecule has 1 aliphatic rings. The average Bonchev–Trinajstić information content (AvgIpc) is 2.80. The van der Waals surface area contributed by atoms with E-state index in [0.717, 1.165) is 16.7 Å². The Morgan fingerprint density at radius 2 is 1.22 bits per heavy atom. The fourth-order valence-electron chi connectivity index (χ4n) is 4.29. The predicted octanol–water partition coefficient (Wildman–Crippen LogP) is 6.86. The van der Waals surface area contributed by atoms with Gasteiger partial charge in [-0.3, -0.25) is 9.59 Å². The van der Waals surface area contributed by atoms with Crippen LogP contribution in [0.2, 0.25) is 10.0 Å². The number of hydrogen-bond donors (Lipinski definition) is 0. The van der Waals surface area contributed by atoms with E-state index in [1.165, 1.54) is 13.8 Å². The summed E-state index contributed by atoms with van der Waals surface area (Å²) < 4.78 is 6.74. The molecule has 0 atom stereocenters. The Morgan fingerprint density at radius 1 is 0.750 bits per heavy atom. The summed E-state index contributed by atoms with van der Waals surface area (Å²) in [5.41, 5.74) is -0.0866. The van der Waals surface area contributed by atoms with Crippen LogP contribution in [0.3, 0.4) is 0 Å². The van der Waals surface area contributed by atoms with E-state index in [2.05, 4.69) is 0 Å². The molecule has 0 aliphatic carbocycles. The molecule has 32 heavy (non-hydrogen) atoms. The van der Waals surface area contributed by atoms with Gasteiger partial charge in [0.15, 0.2) is 5.60 Å². The van der Waals surface area contributed by atoms with Gasteiger partial charge >= 0.3 is 0 Å². The third kappa shape index (κ3) is 3.87. The lowest BCUT2D eigenvalue weighted by Gasteiger charge is -2.45. The van der Waals surface area contributed by atoms with E-state index in [4.69, 9.17) is 27.9 Å². The van der Waals surface area contributed by atoms with Crippen LogP contribution in [0, 0.1) is 5.41 Å². The van der Waals surface area contributed by atoms with E-state index in [1.807, 2.05) is 54.6 Å². The lowest BCUT2D eigenvalue weighted by Crippen LogP contribution is -2.47. The Morgan fingerprint density at radius 3 is 1.66 bits per heavy atom. The standard InChI is InChI=1S/C27H22Cl2O3/c1-18(30)26(19(2)31)16-25(20-6-4-3-5-7-20)32-27(17-26,21-8-12-23(28)13-9-21)22-10-14-24(29)15-11-22/h3-16H,17H2,1-2H3. The third-order valence-electron chi connectivity index (χ3n) is 6.13. The van der Waals surface area contributed by atoms with Gasteiger partial charge in [-0.15, -0.1) is 0 Å². The zero-order valence-electron chi connectivity index (χ0n) is 17.8. The summed E-state index contributed by atoms with van der Waals surface area (Å²) in [5, 5.41) is 1.16. The lowest BCUT2D eigenvalue weighted by atomic mass is 9.65. The van der Waals surface area contributed by atoms with Crippen molar-refractivity contribution in [2.24, 2.45) is 5.41 Å². The fraction of sp³-hybridized carbons (Fsp3) is 0.185. The second-order valence-electron chi connectivity index (χ2n) is 8.08. The van der Waals surface area contributed by atoms with Gasteiger partial charge < -0.3 is 4.74 Å². The third-order valence-corrected chi connectivity index (χ3v) is 6.63. The van der Waals surface area contributed by atoms with Crippen molar-refractivity contribution < 1.29 is 14.3 Å². The summed E-state index contributed by atoms with van der Waals surface area (Å²) in [5.74, 6) is 0.0233. The molecule has 5 heteroatoms. The van der Waals surface area contributed by atoms with Crippen LogP contribution >= 0.6 is 23.2 Å². The van der Waals surface area contributed by atoms with Gasteiger partial charge in [-0.25, -0.2) is 0 Å². The maximum atomic E-state index is 13.0. The molecule has 0 saturated carbocycles. The van der Waals surface area contributed by atoms with E-state index in [1.54, 1.807) is 30.3 Å². The van der Waals surface area contributed by atoms with Crippen LogP contribution in [-0.4, -0.2) is 11.6 Å². The molecule has 0 fully saturated rings. The number of rotatable bonds is 5. The predicted molar refractivity (Wildman–Crippen MR) is 128 cm³/mol. The molecule has 0 N–H and O–H groups in total. The molecule has 0 radical (unpaired) electrons. The molecule has 0 unspecified atom stereocenters. The second-order valence-corrected chi connectivity index (χ2v) is 8.95. The molecular formula is C27H22Cl2O3. The summed E-state index contributed by atoms with van der Waals surface area (Å²) in [7, 11) is 0. The largest absolute Gasteiger partial charge is 0.477 e. The highest BCUT2D eigenvalue weighted by atomic mass is 35.5. The average molecular weight is 465 g/mol. The Balaban J connectivity index is 2.03. The molecule has 0 aromatic heterocycles. The molecule has 0 amide bonds. The van der Waals surface area contributed by atoms with Gasteiger partial charge in [-0.1, -0.05) is 77.8 Å². The first-order chi connectivity index (χ1) is 15.3. The maximum Gasteiger partial charge on any atom is 0.161 e. The van der Waals surface area contributed by atoms with Crippen molar-refractivity contribution in [3.8, 4) is 0 Å². The minimum atomic E-state index is -1.34. The normalized spacial score (nSPS) is 16.6. The number of carbonyl (C=O) groups is 2. The molecule has 0 spiro atoms. The lowest BCUT2D eigenvalue weighted by molar-refractivity contribution is -0.140. The van der Waals surface area contributed by atoms with Gasteiger partial charge in [0, 0.05) is 33.2 Å². The number of benzene rings is 3. The number of ether oxygens (including phenoxy) is 1. The van der Waals surface area contributed by atoms with E-state index in [9.17, 15) is 9.59 Å². The Hall–Kier alpha value is -2.88. The van der Waals surface area contributed by atoms with Crippen molar-refractivity contribution in [3.05, 3.63) is 112 Å². The molecule has 3 aromatic carbocycles. The van der Waals surface area contributed by atoms with Gasteiger partial charge in [0.1, 0.15) is 22.7 Å². The Bertz CT molecular complexity index is 1120. The van der Waals surface area contributed by atoms with Crippen molar-refractivity contribution in [1.29, 1.82) is 0 Å². The summed E-state index contributed by atoms with van der Waals surface area (Å²) >= 11 is 12.3. The molecular weight excluding hydrogens is 443 g/mol. The monoisotopic (exact) mass is 464 g/mol. The van der Waals surface area contributed by atoms with Crippen molar-refractivity contribution in [2.45, 2.75) is 25.9 Å².